The van der Waals surface area contributed by atoms with Crippen LogP contribution in [0.3, 0.4) is 0 Å². The summed E-state index contributed by atoms with van der Waals surface area (Å²) in [5.74, 6) is 1.05. The molecule has 0 spiro atoms. The lowest BCUT2D eigenvalue weighted by Gasteiger charge is -2.09. The minimum Gasteiger partial charge on any atom is -0.494 e. The average Bonchev–Trinajstić information content (AvgIpc) is 3.18. The standard InChI is InChI=1S/C23H18IN3O3S/c1-2-29-18-10-5-15(6-11-18)22-26-19-13-17(9-12-20(19)30-22)25-23(31)27-21(28)14-3-7-16(24)8-4-14/h3-13H,2H2,1H3,(H2,25,27,28,31). The Balaban J connectivity index is 1.45. The number of hydrogen-bond acceptors (Lipinski definition) is 5. The minimum absolute atomic E-state index is 0.207. The summed E-state index contributed by atoms with van der Waals surface area (Å²) in [7, 11) is 0. The fraction of sp³-hybridized carbons (Fsp3) is 0.0870. The van der Waals surface area contributed by atoms with Crippen LogP contribution in [-0.4, -0.2) is 22.6 Å². The largest absolute Gasteiger partial charge is 0.494 e. The van der Waals surface area contributed by atoms with Gasteiger partial charge in [0.25, 0.3) is 5.91 Å². The van der Waals surface area contributed by atoms with Crippen molar-refractivity contribution in [2.75, 3.05) is 11.9 Å². The van der Waals surface area contributed by atoms with Crippen LogP contribution in [0.5, 0.6) is 5.75 Å². The molecule has 2 N–H and O–H groups in total. The molecule has 4 rings (SSSR count). The number of carbonyl (C=O) groups is 1. The number of aromatic nitrogens is 1. The molecule has 8 heteroatoms. The highest BCUT2D eigenvalue weighted by Gasteiger charge is 2.11. The number of carbonyl (C=O) groups excluding carboxylic acids is 1. The van der Waals surface area contributed by atoms with E-state index in [-0.39, 0.29) is 11.0 Å². The predicted octanol–water partition coefficient (Wildman–Crippen LogP) is 5.62. The SMILES string of the molecule is CCOc1ccc(-c2nc3cc(NC(=S)NC(=O)c4ccc(I)cc4)ccc3o2)cc1. The molecule has 0 saturated carbocycles. The Hall–Kier alpha value is -2.98. The summed E-state index contributed by atoms with van der Waals surface area (Å²) < 4.78 is 12.4. The number of benzene rings is 3. The van der Waals surface area contributed by atoms with E-state index in [1.807, 2.05) is 61.5 Å². The van der Waals surface area contributed by atoms with Crippen LogP contribution < -0.4 is 15.4 Å². The zero-order chi connectivity index (χ0) is 21.8. The molecule has 0 radical (unpaired) electrons. The first kappa shape index (κ1) is 21.3. The molecule has 1 heterocycles. The number of amides is 1. The molecule has 156 valence electrons. The van der Waals surface area contributed by atoms with E-state index >= 15 is 0 Å². The first-order valence-corrected chi connectivity index (χ1v) is 11.0. The van der Waals surface area contributed by atoms with E-state index in [9.17, 15) is 4.79 Å². The van der Waals surface area contributed by atoms with Crippen molar-refractivity contribution in [2.45, 2.75) is 6.92 Å². The first-order valence-electron chi connectivity index (χ1n) is 9.53. The molecule has 0 aliphatic carbocycles. The molecule has 1 amide bonds. The lowest BCUT2D eigenvalue weighted by atomic mass is 10.2. The van der Waals surface area contributed by atoms with Crippen LogP contribution in [0.4, 0.5) is 5.69 Å². The Bertz CT molecular complexity index is 1240. The van der Waals surface area contributed by atoms with Crippen molar-refractivity contribution in [2.24, 2.45) is 0 Å². The van der Waals surface area contributed by atoms with Crippen molar-refractivity contribution < 1.29 is 13.9 Å². The lowest BCUT2D eigenvalue weighted by Crippen LogP contribution is -2.34. The van der Waals surface area contributed by atoms with Crippen molar-refractivity contribution in [1.29, 1.82) is 0 Å². The summed E-state index contributed by atoms with van der Waals surface area (Å²) in [6.45, 7) is 2.56. The van der Waals surface area contributed by atoms with Crippen LogP contribution in [0, 0.1) is 3.57 Å². The zero-order valence-electron chi connectivity index (χ0n) is 16.5. The molecule has 0 atom stereocenters. The lowest BCUT2D eigenvalue weighted by molar-refractivity contribution is 0.0977. The topological polar surface area (TPSA) is 76.4 Å². The van der Waals surface area contributed by atoms with Gasteiger partial charge in [-0.15, -0.1) is 0 Å². The van der Waals surface area contributed by atoms with Crippen LogP contribution in [0.1, 0.15) is 17.3 Å². The van der Waals surface area contributed by atoms with Crippen molar-refractivity contribution >= 4 is 62.6 Å². The van der Waals surface area contributed by atoms with Crippen molar-refractivity contribution in [3.63, 3.8) is 0 Å². The molecule has 0 bridgehead atoms. The smallest absolute Gasteiger partial charge is 0.257 e. The summed E-state index contributed by atoms with van der Waals surface area (Å²) >= 11 is 7.46. The Morgan fingerprint density at radius 3 is 2.55 bits per heavy atom. The second-order valence-electron chi connectivity index (χ2n) is 6.57. The van der Waals surface area contributed by atoms with Gasteiger partial charge in [0.2, 0.25) is 5.89 Å². The molecular formula is C23H18IN3O3S. The molecule has 6 nitrogen and oxygen atoms in total. The average molecular weight is 543 g/mol. The highest BCUT2D eigenvalue weighted by molar-refractivity contribution is 14.1. The van der Waals surface area contributed by atoms with Crippen LogP contribution in [-0.2, 0) is 0 Å². The van der Waals surface area contributed by atoms with Crippen LogP contribution in [0.2, 0.25) is 0 Å². The normalized spacial score (nSPS) is 10.6. The molecule has 0 unspecified atom stereocenters. The van der Waals surface area contributed by atoms with E-state index < -0.39 is 0 Å². The molecule has 0 aliphatic heterocycles. The van der Waals surface area contributed by atoms with E-state index in [4.69, 9.17) is 21.4 Å². The Morgan fingerprint density at radius 2 is 1.84 bits per heavy atom. The van der Waals surface area contributed by atoms with Gasteiger partial charge in [-0.25, -0.2) is 4.98 Å². The Morgan fingerprint density at radius 1 is 1.10 bits per heavy atom. The molecule has 31 heavy (non-hydrogen) atoms. The van der Waals surface area contributed by atoms with Gasteiger partial charge >= 0.3 is 0 Å². The Labute approximate surface area is 198 Å². The number of oxazole rings is 1. The van der Waals surface area contributed by atoms with E-state index in [2.05, 4.69) is 38.2 Å². The number of nitrogens with one attached hydrogen (secondary N) is 2. The van der Waals surface area contributed by atoms with Gasteiger partial charge in [0.1, 0.15) is 11.3 Å². The monoisotopic (exact) mass is 543 g/mol. The number of ether oxygens (including phenoxy) is 1. The number of halogens is 1. The highest BCUT2D eigenvalue weighted by Crippen LogP contribution is 2.27. The van der Waals surface area contributed by atoms with Crippen molar-refractivity contribution in [3.05, 3.63) is 75.9 Å². The first-order chi connectivity index (χ1) is 15.0. The Kier molecular flexibility index (Phi) is 6.47. The van der Waals surface area contributed by atoms with E-state index in [1.54, 1.807) is 12.1 Å². The fourth-order valence-corrected chi connectivity index (χ4v) is 3.50. The molecular weight excluding hydrogens is 525 g/mol. The maximum absolute atomic E-state index is 12.3. The molecule has 4 aromatic rings. The van der Waals surface area contributed by atoms with Gasteiger partial charge < -0.3 is 14.5 Å². The molecule has 0 aliphatic rings. The number of hydrogen-bond donors (Lipinski definition) is 2. The number of rotatable bonds is 5. The summed E-state index contributed by atoms with van der Waals surface area (Å²) in [6, 6.07) is 20.3. The quantitative estimate of drug-likeness (QED) is 0.251. The molecule has 0 saturated heterocycles. The highest BCUT2D eigenvalue weighted by atomic mass is 127. The van der Waals surface area contributed by atoms with Gasteiger partial charge in [-0.1, -0.05) is 0 Å². The van der Waals surface area contributed by atoms with Crippen LogP contribution in [0.15, 0.2) is 71.1 Å². The predicted molar refractivity (Wildman–Crippen MR) is 133 cm³/mol. The molecule has 3 aromatic carbocycles. The third kappa shape index (κ3) is 5.20. The number of anilines is 1. The van der Waals surface area contributed by atoms with E-state index in [1.165, 1.54) is 0 Å². The zero-order valence-corrected chi connectivity index (χ0v) is 19.5. The second kappa shape index (κ2) is 9.44. The number of nitrogens with zero attached hydrogens (tertiary/aromatic N) is 1. The fourth-order valence-electron chi connectivity index (χ4n) is 2.93. The summed E-state index contributed by atoms with van der Waals surface area (Å²) in [5.41, 5.74) is 3.43. The van der Waals surface area contributed by atoms with E-state index in [0.29, 0.717) is 34.8 Å². The maximum atomic E-state index is 12.3. The van der Waals surface area contributed by atoms with Gasteiger partial charge in [0.15, 0.2) is 10.7 Å². The summed E-state index contributed by atoms with van der Waals surface area (Å²) in [5, 5.41) is 5.91. The van der Waals surface area contributed by atoms with Gasteiger partial charge in [0.05, 0.1) is 6.61 Å². The van der Waals surface area contributed by atoms with Gasteiger partial charge in [-0.3, -0.25) is 10.1 Å². The van der Waals surface area contributed by atoms with E-state index in [0.717, 1.165) is 14.9 Å². The number of fused-ring (bicyclic) bond motifs is 1. The van der Waals surface area contributed by atoms with Gasteiger partial charge in [0, 0.05) is 20.4 Å². The van der Waals surface area contributed by atoms with Gasteiger partial charge in [-0.2, -0.15) is 0 Å². The summed E-state index contributed by atoms with van der Waals surface area (Å²) in [4.78, 5) is 16.9. The number of thiocarbonyl (C=S) groups is 1. The summed E-state index contributed by atoms with van der Waals surface area (Å²) in [6.07, 6.45) is 0. The third-order valence-corrected chi connectivity index (χ3v) is 5.31. The maximum Gasteiger partial charge on any atom is 0.257 e. The second-order valence-corrected chi connectivity index (χ2v) is 8.23. The van der Waals surface area contributed by atoms with Gasteiger partial charge in [-0.05, 0) is 108 Å². The minimum atomic E-state index is -0.269. The van der Waals surface area contributed by atoms with Crippen LogP contribution in [0.25, 0.3) is 22.6 Å². The van der Waals surface area contributed by atoms with Crippen molar-refractivity contribution in [1.82, 2.24) is 10.3 Å². The molecule has 0 fully saturated rings. The van der Waals surface area contributed by atoms with Crippen LogP contribution >= 0.6 is 34.8 Å². The third-order valence-electron chi connectivity index (χ3n) is 4.39. The van der Waals surface area contributed by atoms with Crippen molar-refractivity contribution in [3.8, 4) is 17.2 Å². The molecule has 1 aromatic heterocycles.